The van der Waals surface area contributed by atoms with Gasteiger partial charge in [0.25, 0.3) is 0 Å². The van der Waals surface area contributed by atoms with Crippen LogP contribution < -0.4 is 15.5 Å². The summed E-state index contributed by atoms with van der Waals surface area (Å²) in [5.41, 5.74) is 2.58. The van der Waals surface area contributed by atoms with Crippen LogP contribution in [0.1, 0.15) is 32.3 Å². The Hall–Kier alpha value is -1.28. The van der Waals surface area contributed by atoms with Gasteiger partial charge in [0.05, 0.1) is 0 Å². The van der Waals surface area contributed by atoms with Gasteiger partial charge in [0.2, 0.25) is 0 Å². The molecular formula is C22H36IN5. The molecule has 0 unspecified atom stereocenters. The van der Waals surface area contributed by atoms with Crippen molar-refractivity contribution in [1.29, 1.82) is 0 Å². The second kappa shape index (κ2) is 11.7. The van der Waals surface area contributed by atoms with Crippen LogP contribution in [0.2, 0.25) is 0 Å². The van der Waals surface area contributed by atoms with Crippen molar-refractivity contribution < 1.29 is 0 Å². The van der Waals surface area contributed by atoms with Gasteiger partial charge in [-0.2, -0.15) is 0 Å². The lowest BCUT2D eigenvalue weighted by Crippen LogP contribution is -2.48. The number of anilines is 1. The fraction of sp³-hybridized carbons (Fsp3) is 0.591. The van der Waals surface area contributed by atoms with Crippen LogP contribution in [-0.4, -0.2) is 56.7 Å². The molecule has 1 saturated heterocycles. The zero-order chi connectivity index (χ0) is 19.1. The fourth-order valence-corrected chi connectivity index (χ4v) is 3.90. The van der Waals surface area contributed by atoms with E-state index in [4.69, 9.17) is 0 Å². The summed E-state index contributed by atoms with van der Waals surface area (Å²) in [6.07, 6.45) is 6.82. The molecule has 0 spiro atoms. The highest BCUT2D eigenvalue weighted by Gasteiger charge is 2.20. The molecule has 0 atom stereocenters. The monoisotopic (exact) mass is 497 g/mol. The highest BCUT2D eigenvalue weighted by molar-refractivity contribution is 14.0. The number of nitrogens with zero attached hydrogens (tertiary/aromatic N) is 3. The van der Waals surface area contributed by atoms with Gasteiger partial charge in [-0.3, -0.25) is 4.99 Å². The van der Waals surface area contributed by atoms with E-state index in [0.717, 1.165) is 31.5 Å². The highest BCUT2D eigenvalue weighted by Crippen LogP contribution is 2.18. The molecule has 2 N–H and O–H groups in total. The summed E-state index contributed by atoms with van der Waals surface area (Å²) in [7, 11) is 1.86. The van der Waals surface area contributed by atoms with Crippen molar-refractivity contribution in [3.05, 3.63) is 42.0 Å². The number of guanidine groups is 1. The summed E-state index contributed by atoms with van der Waals surface area (Å²) >= 11 is 0. The molecule has 0 bridgehead atoms. The van der Waals surface area contributed by atoms with Crippen molar-refractivity contribution in [1.82, 2.24) is 15.5 Å². The first-order chi connectivity index (χ1) is 13.1. The fourth-order valence-electron chi connectivity index (χ4n) is 3.90. The Morgan fingerprint density at radius 1 is 1.18 bits per heavy atom. The normalized spacial score (nSPS) is 18.4. The van der Waals surface area contributed by atoms with E-state index in [9.17, 15) is 0 Å². The summed E-state index contributed by atoms with van der Waals surface area (Å²) in [5, 5.41) is 7.10. The van der Waals surface area contributed by atoms with Crippen LogP contribution in [0.4, 0.5) is 5.69 Å². The van der Waals surface area contributed by atoms with Gasteiger partial charge in [0.15, 0.2) is 5.96 Å². The summed E-state index contributed by atoms with van der Waals surface area (Å²) in [6, 6.07) is 9.30. The van der Waals surface area contributed by atoms with Crippen LogP contribution in [0.5, 0.6) is 0 Å². The lowest BCUT2D eigenvalue weighted by atomic mass is 10.0. The Labute approximate surface area is 187 Å². The standard InChI is InChI=1S/C22H35N5.HI/c1-18(2)17-26-13-9-20(10-14-26)25-22(23-3)24-16-19-7-6-8-21(15-19)27-11-4-5-12-27;/h4-8,15,18,20H,9-14,16-17H2,1-3H3,(H2,23,24,25);1H. The highest BCUT2D eigenvalue weighted by atomic mass is 127. The van der Waals surface area contributed by atoms with Crippen molar-refractivity contribution in [3.8, 4) is 0 Å². The molecule has 3 rings (SSSR count). The van der Waals surface area contributed by atoms with Gasteiger partial charge in [-0.25, -0.2) is 0 Å². The number of rotatable bonds is 6. The molecular weight excluding hydrogens is 461 g/mol. The third-order valence-electron chi connectivity index (χ3n) is 5.33. The van der Waals surface area contributed by atoms with Crippen LogP contribution in [0.15, 0.2) is 41.4 Å². The van der Waals surface area contributed by atoms with Crippen LogP contribution in [0.25, 0.3) is 0 Å². The minimum atomic E-state index is 0. The molecule has 2 aliphatic rings. The smallest absolute Gasteiger partial charge is 0.191 e. The van der Waals surface area contributed by atoms with Crippen LogP contribution in [0, 0.1) is 5.92 Å². The number of nitrogens with one attached hydrogen (secondary N) is 2. The van der Waals surface area contributed by atoms with E-state index in [1.165, 1.54) is 43.7 Å². The Balaban J connectivity index is 0.00000280. The largest absolute Gasteiger partial charge is 0.364 e. The Kier molecular flexibility index (Phi) is 9.58. The van der Waals surface area contributed by atoms with Gasteiger partial charge >= 0.3 is 0 Å². The molecule has 28 heavy (non-hydrogen) atoms. The minimum Gasteiger partial charge on any atom is -0.364 e. The average molecular weight is 497 g/mol. The number of benzene rings is 1. The van der Waals surface area contributed by atoms with Crippen molar-refractivity contribution in [2.75, 3.05) is 44.7 Å². The number of hydrogen-bond acceptors (Lipinski definition) is 3. The van der Waals surface area contributed by atoms with E-state index in [1.54, 1.807) is 0 Å². The Morgan fingerprint density at radius 2 is 1.89 bits per heavy atom. The molecule has 156 valence electrons. The molecule has 0 aliphatic carbocycles. The second-order valence-corrected chi connectivity index (χ2v) is 8.09. The number of likely N-dealkylation sites (tertiary alicyclic amines) is 1. The van der Waals surface area contributed by atoms with E-state index in [-0.39, 0.29) is 24.0 Å². The number of piperidine rings is 1. The molecule has 0 amide bonds. The van der Waals surface area contributed by atoms with Crippen LogP contribution in [0.3, 0.4) is 0 Å². The molecule has 2 heterocycles. The maximum Gasteiger partial charge on any atom is 0.191 e. The zero-order valence-corrected chi connectivity index (χ0v) is 19.9. The van der Waals surface area contributed by atoms with Crippen LogP contribution in [-0.2, 0) is 6.54 Å². The molecule has 0 radical (unpaired) electrons. The SMILES string of the molecule is CN=C(NCc1cccc(N2CC=CC2)c1)NC1CCN(CC(C)C)CC1.I. The van der Waals surface area contributed by atoms with E-state index in [0.29, 0.717) is 6.04 Å². The van der Waals surface area contributed by atoms with Gasteiger partial charge in [-0.05, 0) is 36.5 Å². The maximum atomic E-state index is 4.42. The van der Waals surface area contributed by atoms with Gasteiger partial charge in [-0.15, -0.1) is 24.0 Å². The third-order valence-corrected chi connectivity index (χ3v) is 5.33. The van der Waals surface area contributed by atoms with Gasteiger partial charge in [0.1, 0.15) is 0 Å². The van der Waals surface area contributed by atoms with Crippen LogP contribution >= 0.6 is 24.0 Å². The number of halogens is 1. The molecule has 0 saturated carbocycles. The first-order valence-corrected chi connectivity index (χ1v) is 10.3. The average Bonchev–Trinajstić information content (AvgIpc) is 3.21. The van der Waals surface area contributed by atoms with Crippen molar-refractivity contribution in [2.24, 2.45) is 10.9 Å². The summed E-state index contributed by atoms with van der Waals surface area (Å²) < 4.78 is 0. The van der Waals surface area contributed by atoms with Gasteiger partial charge in [0, 0.05) is 58.0 Å². The van der Waals surface area contributed by atoms with Crippen molar-refractivity contribution in [2.45, 2.75) is 39.3 Å². The first-order valence-electron chi connectivity index (χ1n) is 10.3. The molecule has 5 nitrogen and oxygen atoms in total. The van der Waals surface area contributed by atoms with E-state index in [2.05, 4.69) is 75.7 Å². The van der Waals surface area contributed by atoms with Crippen molar-refractivity contribution in [3.63, 3.8) is 0 Å². The van der Waals surface area contributed by atoms with Gasteiger partial charge in [-0.1, -0.05) is 38.1 Å². The summed E-state index contributed by atoms with van der Waals surface area (Å²) in [6.45, 7) is 11.0. The molecule has 0 aromatic heterocycles. The number of aliphatic imine (C=N–C) groups is 1. The predicted molar refractivity (Wildman–Crippen MR) is 131 cm³/mol. The van der Waals surface area contributed by atoms with E-state index >= 15 is 0 Å². The Morgan fingerprint density at radius 3 is 2.54 bits per heavy atom. The maximum absolute atomic E-state index is 4.42. The summed E-state index contributed by atoms with van der Waals surface area (Å²) in [4.78, 5) is 9.38. The number of hydrogen-bond donors (Lipinski definition) is 2. The lowest BCUT2D eigenvalue weighted by molar-refractivity contribution is 0.187. The first kappa shape index (κ1) is 23.0. The predicted octanol–water partition coefficient (Wildman–Crippen LogP) is 3.47. The lowest BCUT2D eigenvalue weighted by Gasteiger charge is -2.34. The molecule has 2 aliphatic heterocycles. The quantitative estimate of drug-likeness (QED) is 0.274. The van der Waals surface area contributed by atoms with E-state index < -0.39 is 0 Å². The topological polar surface area (TPSA) is 42.9 Å². The molecule has 1 aromatic rings. The molecule has 1 fully saturated rings. The zero-order valence-electron chi connectivity index (χ0n) is 17.5. The molecule has 1 aromatic carbocycles. The van der Waals surface area contributed by atoms with Crippen molar-refractivity contribution >= 4 is 35.6 Å². The Bertz CT molecular complexity index is 642. The summed E-state index contributed by atoms with van der Waals surface area (Å²) in [5.74, 6) is 1.65. The second-order valence-electron chi connectivity index (χ2n) is 8.09. The minimum absolute atomic E-state index is 0. The third kappa shape index (κ3) is 6.95. The van der Waals surface area contributed by atoms with Gasteiger partial charge < -0.3 is 20.4 Å². The molecule has 6 heteroatoms. The van der Waals surface area contributed by atoms with E-state index in [1.807, 2.05) is 7.05 Å².